The molecule has 0 aliphatic carbocycles. The van der Waals surface area contributed by atoms with Crippen LogP contribution in [0.4, 0.5) is 0 Å². The smallest absolute Gasteiger partial charge is 0.344 e. The van der Waals surface area contributed by atoms with Crippen LogP contribution in [-0.2, 0) is 0 Å². The first-order valence-corrected chi connectivity index (χ1v) is 51.8. The van der Waals surface area contributed by atoms with Crippen LogP contribution < -0.4 is 33.8 Å². The lowest BCUT2D eigenvalue weighted by molar-refractivity contribution is 0.561. The molecule has 0 radical (unpaired) electrons. The van der Waals surface area contributed by atoms with Crippen molar-refractivity contribution in [3.63, 3.8) is 0 Å². The Bertz CT molecular complexity index is 9290. The third-order valence-corrected chi connectivity index (χ3v) is 31.0. The van der Waals surface area contributed by atoms with Gasteiger partial charge in [-0.1, -0.05) is 191 Å². The molecule has 12 aromatic heterocycles. The molecule has 0 amide bonds. The second-order valence-electron chi connectivity index (χ2n) is 35.8. The predicted molar refractivity (Wildman–Crippen MR) is 604 cm³/mol. The van der Waals surface area contributed by atoms with Gasteiger partial charge in [-0.2, -0.15) is 0 Å². The van der Waals surface area contributed by atoms with Gasteiger partial charge in [0.1, 0.15) is 33.5 Å². The van der Waals surface area contributed by atoms with Crippen LogP contribution in [0.5, 0.6) is 0 Å². The average Bonchev–Trinajstić information content (AvgIpc) is 1.68. The second kappa shape index (κ2) is 42.5. The molecule has 144 heavy (non-hydrogen) atoms. The standard InChI is InChI=1S/3C23H18O2.3C19H14O2S2/c1-15-3-7-17(8-4-15)20-13-19-11-12-23(24)25-22(19)14-21(20)18-9-5-16(2)6-10-18;1-15-3-7-17(8-4-15)20-13-19-11-12-22(24)25-23(19)21(14-20)18-9-5-16(2)6-10-18;1-15-3-7-17(8-4-15)19-11-12-22-20(13-19)14-21(23(24)25-22)18-9-5-16(2)6-10-18;1-11-3-8-16(22-11)13-5-6-15(17-9-4-12(2)23-17)19-14(13)7-10-18(20)21-19;1-11-3-6-17(22-11)14-9-13-5-8-19(20)21-16(13)10-15(14)18-7-4-12(2)23-18;1-11-3-6-16(22-11)14-9-13-5-8-18(20)21-19(13)15(10-14)17-7-4-12(2)23-17/h3*3-14H,1-2H3;3*3-10H,1-2H3. The quantitative estimate of drug-likeness (QED) is 0.106. The zero-order valence-electron chi connectivity index (χ0n) is 81.0. The molecule has 12 heterocycles. The van der Waals surface area contributed by atoms with E-state index in [4.69, 9.17) is 26.5 Å². The molecule has 12 aromatic carbocycles. The third-order valence-electron chi connectivity index (χ3n) is 24.7. The Hall–Kier alpha value is -15.9. The van der Waals surface area contributed by atoms with E-state index < -0.39 is 0 Å². The summed E-state index contributed by atoms with van der Waals surface area (Å²) in [6.45, 7) is 25.0. The number of aryl methyl sites for hydroxylation is 12. The van der Waals surface area contributed by atoms with Crippen LogP contribution in [0.3, 0.4) is 0 Å². The van der Waals surface area contributed by atoms with Crippen LogP contribution in [0.1, 0.15) is 62.6 Å². The van der Waals surface area contributed by atoms with E-state index >= 15 is 0 Å². The Morgan fingerprint density at radius 3 is 0.903 bits per heavy atom. The van der Waals surface area contributed by atoms with E-state index in [0.717, 1.165) is 137 Å². The molecule has 0 bridgehead atoms. The van der Waals surface area contributed by atoms with Gasteiger partial charge in [0.2, 0.25) is 0 Å². The van der Waals surface area contributed by atoms with Crippen LogP contribution in [-0.4, -0.2) is 0 Å². The summed E-state index contributed by atoms with van der Waals surface area (Å²) in [5.41, 5.74) is 28.1. The average molecular weight is 1990 g/mol. The van der Waals surface area contributed by atoms with E-state index in [1.165, 1.54) is 112 Å². The molecule has 0 N–H and O–H groups in total. The van der Waals surface area contributed by atoms with E-state index in [2.05, 4.69) is 325 Å². The maximum absolute atomic E-state index is 12.3. The molecule has 0 saturated carbocycles. The van der Waals surface area contributed by atoms with Crippen molar-refractivity contribution in [2.24, 2.45) is 0 Å². The van der Waals surface area contributed by atoms with Gasteiger partial charge in [-0.25, -0.2) is 28.8 Å². The van der Waals surface area contributed by atoms with Gasteiger partial charge in [-0.15, -0.1) is 68.0 Å². The van der Waals surface area contributed by atoms with Gasteiger partial charge in [0.25, 0.3) is 0 Å². The highest BCUT2D eigenvalue weighted by Gasteiger charge is 2.21. The fourth-order valence-corrected chi connectivity index (χ4v) is 22.5. The summed E-state index contributed by atoms with van der Waals surface area (Å²) in [4.78, 5) is 85.3. The highest BCUT2D eigenvalue weighted by molar-refractivity contribution is 7.17. The molecule has 0 unspecified atom stereocenters. The maximum atomic E-state index is 12.3. The van der Waals surface area contributed by atoms with Crippen LogP contribution in [0.25, 0.3) is 195 Å². The Morgan fingerprint density at radius 2 is 0.458 bits per heavy atom. The molecule has 0 saturated heterocycles. The van der Waals surface area contributed by atoms with Crippen molar-refractivity contribution >= 4 is 134 Å². The van der Waals surface area contributed by atoms with E-state index in [1.54, 1.807) is 68.0 Å². The minimum Gasteiger partial charge on any atom is -0.423 e. The summed E-state index contributed by atoms with van der Waals surface area (Å²) in [5, 5.41) is 5.65. The van der Waals surface area contributed by atoms with Crippen molar-refractivity contribution in [3.05, 3.63) is 489 Å². The van der Waals surface area contributed by atoms with Gasteiger partial charge in [-0.3, -0.25) is 0 Å². The molecular weight excluding hydrogens is 1900 g/mol. The van der Waals surface area contributed by atoms with Crippen molar-refractivity contribution in [1.82, 2.24) is 0 Å². The van der Waals surface area contributed by atoms with Gasteiger partial charge < -0.3 is 26.5 Å². The van der Waals surface area contributed by atoms with E-state index in [9.17, 15) is 28.8 Å². The summed E-state index contributed by atoms with van der Waals surface area (Å²) in [6, 6.07) is 121. The van der Waals surface area contributed by atoms with Crippen LogP contribution in [0.2, 0.25) is 0 Å². The van der Waals surface area contributed by atoms with Crippen molar-refractivity contribution in [2.75, 3.05) is 0 Å². The maximum Gasteiger partial charge on any atom is 0.344 e. The Kier molecular flexibility index (Phi) is 28.6. The van der Waals surface area contributed by atoms with Crippen molar-refractivity contribution in [3.8, 4) is 129 Å². The van der Waals surface area contributed by atoms with Crippen molar-refractivity contribution in [1.29, 1.82) is 0 Å². The predicted octanol–water partition coefficient (Wildman–Crippen LogP) is 34.8. The third kappa shape index (κ3) is 22.4. The summed E-state index contributed by atoms with van der Waals surface area (Å²) in [6.07, 6.45) is 0. The first-order valence-electron chi connectivity index (χ1n) is 46.9. The Balaban J connectivity index is 0.000000109. The number of thiophene rings is 6. The lowest BCUT2D eigenvalue weighted by atomic mass is 9.92. The molecule has 0 aliphatic heterocycles. The molecule has 24 rings (SSSR count). The summed E-state index contributed by atoms with van der Waals surface area (Å²) in [7, 11) is 0. The minimum atomic E-state index is -0.330. The largest absolute Gasteiger partial charge is 0.423 e. The van der Waals surface area contributed by atoms with Gasteiger partial charge >= 0.3 is 33.8 Å². The number of hydrogen-bond acceptors (Lipinski definition) is 18. The fraction of sp³-hybridized carbons (Fsp3) is 0.0952. The second-order valence-corrected chi connectivity index (χ2v) is 43.5. The molecule has 18 heteroatoms. The van der Waals surface area contributed by atoms with Crippen LogP contribution >= 0.6 is 68.0 Å². The number of benzene rings is 12. The molecule has 708 valence electrons. The lowest BCUT2D eigenvalue weighted by Crippen LogP contribution is -2.02. The number of hydrogen-bond donors (Lipinski definition) is 0. The Morgan fingerprint density at radius 1 is 0.160 bits per heavy atom. The highest BCUT2D eigenvalue weighted by atomic mass is 32.1. The normalized spacial score (nSPS) is 11.1. The molecule has 0 atom stereocenters. The van der Waals surface area contributed by atoms with E-state index in [-0.39, 0.29) is 33.8 Å². The molecule has 0 aliphatic rings. The Labute approximate surface area is 855 Å². The molecule has 0 spiro atoms. The van der Waals surface area contributed by atoms with Gasteiger partial charge in [0.05, 0.1) is 5.56 Å². The number of fused-ring (bicyclic) bond motifs is 6. The van der Waals surface area contributed by atoms with Gasteiger partial charge in [0, 0.05) is 155 Å². The van der Waals surface area contributed by atoms with Crippen molar-refractivity contribution in [2.45, 2.75) is 83.1 Å². The first kappa shape index (κ1) is 96.9. The van der Waals surface area contributed by atoms with E-state index in [1.807, 2.05) is 91.9 Å². The molecular formula is C126H96O12S6. The lowest BCUT2D eigenvalue weighted by Gasteiger charge is -2.12. The SMILES string of the molecule is Cc1ccc(-c2cc(-c3ccc(C)cc3)c3oc(=O)ccc3c2)cc1.Cc1ccc(-c2cc(-c3ccc(C)s3)c3oc(=O)ccc3c2)s1.Cc1ccc(-c2cc3ccc(=O)oc3cc2-c2ccc(C)cc2)cc1.Cc1ccc(-c2cc3ccc(=O)oc3cc2-c2ccc(C)s2)s1.Cc1ccc(-c2ccc(-c3ccc(C)s3)c3oc(=O)ccc23)s1.Cc1ccc(-c2ccc3oc(=O)c(-c4ccc(C)cc4)cc3c2)cc1. The zero-order valence-corrected chi connectivity index (χ0v) is 85.9. The monoisotopic (exact) mass is 1990 g/mol. The molecule has 12 nitrogen and oxygen atoms in total. The summed E-state index contributed by atoms with van der Waals surface area (Å²) >= 11 is 10.5. The van der Waals surface area contributed by atoms with Crippen molar-refractivity contribution < 1.29 is 26.5 Å². The fourth-order valence-electron chi connectivity index (χ4n) is 17.2. The van der Waals surface area contributed by atoms with Gasteiger partial charge in [-0.05, 0) is 320 Å². The van der Waals surface area contributed by atoms with Crippen LogP contribution in [0, 0.1) is 83.1 Å². The van der Waals surface area contributed by atoms with Gasteiger partial charge in [0.15, 0.2) is 0 Å². The van der Waals surface area contributed by atoms with E-state index in [0.29, 0.717) is 39.1 Å². The molecule has 0 fully saturated rings. The first-order chi connectivity index (χ1) is 69.6. The van der Waals surface area contributed by atoms with Crippen LogP contribution in [0.15, 0.2) is 419 Å². The summed E-state index contributed by atoms with van der Waals surface area (Å²) < 4.78 is 32.9. The highest BCUT2D eigenvalue weighted by Crippen LogP contribution is 2.46. The molecule has 24 aromatic rings. The summed E-state index contributed by atoms with van der Waals surface area (Å²) in [5.74, 6) is 0. The topological polar surface area (TPSA) is 181 Å². The number of rotatable bonds is 12. The zero-order chi connectivity index (χ0) is 100. The minimum absolute atomic E-state index is 0.306.